The van der Waals surface area contributed by atoms with Crippen molar-refractivity contribution < 1.29 is 4.79 Å². The van der Waals surface area contributed by atoms with Gasteiger partial charge in [-0.1, -0.05) is 20.8 Å². The predicted octanol–water partition coefficient (Wildman–Crippen LogP) is 2.95. The van der Waals surface area contributed by atoms with Crippen LogP contribution in [0.15, 0.2) is 6.33 Å². The van der Waals surface area contributed by atoms with Gasteiger partial charge in [0.25, 0.3) is 0 Å². The molecular weight excluding hydrogens is 276 g/mol. The van der Waals surface area contributed by atoms with Gasteiger partial charge in [-0.25, -0.2) is 0 Å². The maximum Gasteiger partial charge on any atom is 0.220 e. The van der Waals surface area contributed by atoms with Crippen molar-refractivity contribution in [2.45, 2.75) is 66.3 Å². The van der Waals surface area contributed by atoms with Crippen LogP contribution in [0.1, 0.15) is 58.7 Å². The summed E-state index contributed by atoms with van der Waals surface area (Å²) in [6.07, 6.45) is 7.30. The number of nitrogens with zero attached hydrogens (tertiary/aromatic N) is 3. The lowest BCUT2D eigenvalue weighted by Crippen LogP contribution is -2.31. The first-order valence-corrected chi connectivity index (χ1v) is 8.47. The molecule has 1 fully saturated rings. The van der Waals surface area contributed by atoms with Crippen molar-refractivity contribution in [2.24, 2.45) is 17.3 Å². The maximum absolute atomic E-state index is 12.1. The van der Waals surface area contributed by atoms with Crippen LogP contribution in [0, 0.1) is 24.2 Å². The van der Waals surface area contributed by atoms with Crippen LogP contribution in [0.3, 0.4) is 0 Å². The monoisotopic (exact) mass is 306 g/mol. The second-order valence-electron chi connectivity index (χ2n) is 7.71. The molecule has 0 spiro atoms. The summed E-state index contributed by atoms with van der Waals surface area (Å²) < 4.78 is 1.95. The number of aryl methyl sites for hydroxylation is 1. The Morgan fingerprint density at radius 2 is 2.00 bits per heavy atom. The maximum atomic E-state index is 12.1. The first kappa shape index (κ1) is 17.0. The van der Waals surface area contributed by atoms with Gasteiger partial charge < -0.3 is 9.88 Å². The zero-order chi connectivity index (χ0) is 16.2. The molecule has 124 valence electrons. The Morgan fingerprint density at radius 1 is 1.32 bits per heavy atom. The average Bonchev–Trinajstić information content (AvgIpc) is 2.84. The first-order valence-electron chi connectivity index (χ1n) is 8.47. The summed E-state index contributed by atoms with van der Waals surface area (Å²) in [4.78, 5) is 12.1. The van der Waals surface area contributed by atoms with Crippen molar-refractivity contribution in [2.75, 3.05) is 6.54 Å². The van der Waals surface area contributed by atoms with E-state index in [-0.39, 0.29) is 5.91 Å². The zero-order valence-electron chi connectivity index (χ0n) is 14.4. The minimum Gasteiger partial charge on any atom is -0.354 e. The molecule has 2 rings (SSSR count). The molecule has 0 unspecified atom stereocenters. The van der Waals surface area contributed by atoms with Crippen LogP contribution in [-0.4, -0.2) is 27.2 Å². The van der Waals surface area contributed by atoms with Crippen molar-refractivity contribution in [1.29, 1.82) is 0 Å². The fraction of sp³-hybridized carbons (Fsp3) is 0.824. The molecule has 1 aliphatic rings. The van der Waals surface area contributed by atoms with E-state index in [4.69, 9.17) is 0 Å². The van der Waals surface area contributed by atoms with E-state index >= 15 is 0 Å². The molecule has 0 bridgehead atoms. The Bertz CT molecular complexity index is 481. The van der Waals surface area contributed by atoms with E-state index in [0.717, 1.165) is 18.3 Å². The van der Waals surface area contributed by atoms with Crippen LogP contribution in [0.2, 0.25) is 0 Å². The Balaban J connectivity index is 1.65. The molecule has 1 aromatic rings. The van der Waals surface area contributed by atoms with Crippen molar-refractivity contribution in [3.8, 4) is 0 Å². The zero-order valence-corrected chi connectivity index (χ0v) is 14.4. The highest BCUT2D eigenvalue weighted by Crippen LogP contribution is 2.40. The van der Waals surface area contributed by atoms with E-state index in [2.05, 4.69) is 36.3 Å². The molecule has 1 aromatic heterocycles. The van der Waals surface area contributed by atoms with Crippen LogP contribution in [0.4, 0.5) is 0 Å². The number of hydrogen-bond acceptors (Lipinski definition) is 3. The summed E-state index contributed by atoms with van der Waals surface area (Å²) in [6, 6.07) is 0. The summed E-state index contributed by atoms with van der Waals surface area (Å²) in [7, 11) is 0. The molecule has 1 amide bonds. The molecule has 1 N–H and O–H groups in total. The smallest absolute Gasteiger partial charge is 0.220 e. The topological polar surface area (TPSA) is 59.8 Å². The van der Waals surface area contributed by atoms with Crippen LogP contribution >= 0.6 is 0 Å². The van der Waals surface area contributed by atoms with E-state index in [0.29, 0.717) is 24.3 Å². The molecule has 1 heterocycles. The highest BCUT2D eigenvalue weighted by Gasteiger charge is 2.30. The second kappa shape index (κ2) is 7.25. The molecule has 0 aromatic carbocycles. The van der Waals surface area contributed by atoms with E-state index in [1.54, 1.807) is 6.33 Å². The van der Waals surface area contributed by atoms with Gasteiger partial charge in [-0.15, -0.1) is 10.2 Å². The molecule has 22 heavy (non-hydrogen) atoms. The van der Waals surface area contributed by atoms with Gasteiger partial charge in [0.05, 0.1) is 0 Å². The summed E-state index contributed by atoms with van der Waals surface area (Å²) in [5.41, 5.74) is 0.407. The standard InChI is InChI=1S/C17H30N4O/c1-13-20-19-12-21(13)10-9-18-16(22)11-14-5-7-15(8-6-14)17(2,3)4/h12,14-15H,5-11H2,1-4H3,(H,18,22). The summed E-state index contributed by atoms with van der Waals surface area (Å²) in [6.45, 7) is 10.3. The number of aromatic nitrogens is 3. The van der Waals surface area contributed by atoms with Crippen LogP contribution in [0.25, 0.3) is 0 Å². The largest absolute Gasteiger partial charge is 0.354 e. The average molecular weight is 306 g/mol. The Hall–Kier alpha value is -1.39. The third-order valence-corrected chi connectivity index (χ3v) is 5.03. The van der Waals surface area contributed by atoms with E-state index in [9.17, 15) is 4.79 Å². The number of amides is 1. The van der Waals surface area contributed by atoms with Gasteiger partial charge >= 0.3 is 0 Å². The third kappa shape index (κ3) is 4.82. The van der Waals surface area contributed by atoms with Crippen molar-refractivity contribution in [3.05, 3.63) is 12.2 Å². The molecule has 0 aliphatic heterocycles. The summed E-state index contributed by atoms with van der Waals surface area (Å²) >= 11 is 0. The second-order valence-corrected chi connectivity index (χ2v) is 7.71. The van der Waals surface area contributed by atoms with E-state index < -0.39 is 0 Å². The Labute approximate surface area is 133 Å². The number of carbonyl (C=O) groups is 1. The number of rotatable bonds is 5. The quantitative estimate of drug-likeness (QED) is 0.910. The van der Waals surface area contributed by atoms with Crippen molar-refractivity contribution in [1.82, 2.24) is 20.1 Å². The fourth-order valence-corrected chi connectivity index (χ4v) is 3.41. The van der Waals surface area contributed by atoms with Crippen LogP contribution in [-0.2, 0) is 11.3 Å². The molecule has 5 heteroatoms. The molecular formula is C17H30N4O. The van der Waals surface area contributed by atoms with Crippen molar-refractivity contribution in [3.63, 3.8) is 0 Å². The fourth-order valence-electron chi connectivity index (χ4n) is 3.41. The minimum atomic E-state index is 0.185. The predicted molar refractivity (Wildman–Crippen MR) is 87.3 cm³/mol. The molecule has 5 nitrogen and oxygen atoms in total. The Morgan fingerprint density at radius 3 is 2.55 bits per heavy atom. The van der Waals surface area contributed by atoms with Gasteiger partial charge in [0.1, 0.15) is 12.2 Å². The van der Waals surface area contributed by atoms with E-state index in [1.165, 1.54) is 25.7 Å². The van der Waals surface area contributed by atoms with Gasteiger partial charge in [-0.3, -0.25) is 4.79 Å². The van der Waals surface area contributed by atoms with Gasteiger partial charge in [-0.2, -0.15) is 0 Å². The molecule has 0 saturated heterocycles. The molecule has 0 radical (unpaired) electrons. The summed E-state index contributed by atoms with van der Waals surface area (Å²) in [5.74, 6) is 2.44. The first-order chi connectivity index (χ1) is 10.4. The third-order valence-electron chi connectivity index (χ3n) is 5.03. The lowest BCUT2D eigenvalue weighted by atomic mass is 9.69. The summed E-state index contributed by atoms with van der Waals surface area (Å²) in [5, 5.41) is 10.8. The van der Waals surface area contributed by atoms with Crippen LogP contribution < -0.4 is 5.32 Å². The van der Waals surface area contributed by atoms with Gasteiger partial charge in [0, 0.05) is 19.5 Å². The highest BCUT2D eigenvalue weighted by molar-refractivity contribution is 5.76. The lowest BCUT2D eigenvalue weighted by Gasteiger charge is -2.36. The van der Waals surface area contributed by atoms with Gasteiger partial charge in [-0.05, 0) is 49.9 Å². The van der Waals surface area contributed by atoms with Gasteiger partial charge in [0.15, 0.2) is 0 Å². The Kier molecular flexibility index (Phi) is 5.59. The molecule has 0 atom stereocenters. The highest BCUT2D eigenvalue weighted by atomic mass is 16.1. The molecule has 1 aliphatic carbocycles. The van der Waals surface area contributed by atoms with Crippen molar-refractivity contribution >= 4 is 5.91 Å². The SMILES string of the molecule is Cc1nncn1CCNC(=O)CC1CCC(C(C)(C)C)CC1. The lowest BCUT2D eigenvalue weighted by molar-refractivity contribution is -0.122. The number of hydrogen-bond donors (Lipinski definition) is 1. The van der Waals surface area contributed by atoms with Gasteiger partial charge in [0.2, 0.25) is 5.91 Å². The number of nitrogens with one attached hydrogen (secondary N) is 1. The van der Waals surface area contributed by atoms with Crippen LogP contribution in [0.5, 0.6) is 0 Å². The van der Waals surface area contributed by atoms with E-state index in [1.807, 2.05) is 11.5 Å². The minimum absolute atomic E-state index is 0.185. The normalized spacial score (nSPS) is 22.5. The molecule has 1 saturated carbocycles. The number of carbonyl (C=O) groups excluding carboxylic acids is 1.